The summed E-state index contributed by atoms with van der Waals surface area (Å²) in [6.07, 6.45) is 3.70. The molecule has 0 saturated carbocycles. The molecule has 0 bridgehead atoms. The maximum absolute atomic E-state index is 12.2. The zero-order chi connectivity index (χ0) is 14.6. The first-order valence-corrected chi connectivity index (χ1v) is 6.14. The predicted molar refractivity (Wildman–Crippen MR) is 69.1 cm³/mol. The Morgan fingerprint density at radius 1 is 1.37 bits per heavy atom. The Kier molecular flexibility index (Phi) is 4.89. The third kappa shape index (κ3) is 2.71. The van der Waals surface area contributed by atoms with Gasteiger partial charge in [0.05, 0.1) is 25.9 Å². The lowest BCUT2D eigenvalue weighted by Gasteiger charge is -2.37. The van der Waals surface area contributed by atoms with Crippen LogP contribution in [0.2, 0.25) is 0 Å². The van der Waals surface area contributed by atoms with Gasteiger partial charge in [-0.05, 0) is 12.3 Å². The number of rotatable bonds is 4. The van der Waals surface area contributed by atoms with Gasteiger partial charge >= 0.3 is 11.9 Å². The van der Waals surface area contributed by atoms with E-state index in [2.05, 4.69) is 0 Å². The molecule has 0 amide bonds. The Morgan fingerprint density at radius 2 is 2.00 bits per heavy atom. The second-order valence-electron chi connectivity index (χ2n) is 4.96. The minimum absolute atomic E-state index is 0.0910. The van der Waals surface area contributed by atoms with Crippen LogP contribution in [0, 0.1) is 11.3 Å². The van der Waals surface area contributed by atoms with Crippen LogP contribution in [0.1, 0.15) is 20.3 Å². The van der Waals surface area contributed by atoms with E-state index in [0.29, 0.717) is 6.42 Å². The highest BCUT2D eigenvalue weighted by Gasteiger charge is 2.52. The third-order valence-electron chi connectivity index (χ3n) is 3.23. The molecule has 1 aliphatic carbocycles. The van der Waals surface area contributed by atoms with E-state index in [-0.39, 0.29) is 11.5 Å². The molecular formula is C14H20O5. The Hall–Kier alpha value is -1.62. The van der Waals surface area contributed by atoms with E-state index < -0.39 is 23.5 Å². The number of hydrogen-bond acceptors (Lipinski definition) is 5. The predicted octanol–water partition coefficient (Wildman–Crippen LogP) is 1.22. The molecule has 19 heavy (non-hydrogen) atoms. The van der Waals surface area contributed by atoms with Crippen molar-refractivity contribution in [2.24, 2.45) is 11.3 Å². The van der Waals surface area contributed by atoms with Crippen molar-refractivity contribution in [3.8, 4) is 0 Å². The number of allylic oxidation sites excluding steroid dienone is 2. The average Bonchev–Trinajstić information content (AvgIpc) is 2.38. The first-order valence-electron chi connectivity index (χ1n) is 6.14. The molecule has 1 N–H and O–H groups in total. The fraction of sp³-hybridized carbons (Fsp3) is 0.571. The van der Waals surface area contributed by atoms with Gasteiger partial charge in [-0.3, -0.25) is 4.79 Å². The van der Waals surface area contributed by atoms with Crippen LogP contribution >= 0.6 is 0 Å². The van der Waals surface area contributed by atoms with Crippen LogP contribution in [0.25, 0.3) is 0 Å². The van der Waals surface area contributed by atoms with Gasteiger partial charge in [-0.1, -0.05) is 32.1 Å². The Labute approximate surface area is 112 Å². The van der Waals surface area contributed by atoms with Gasteiger partial charge in [0.15, 0.2) is 0 Å². The Bertz CT molecular complexity index is 422. The highest BCUT2D eigenvalue weighted by molar-refractivity contribution is 5.99. The maximum Gasteiger partial charge on any atom is 0.335 e. The molecule has 5 heteroatoms. The van der Waals surface area contributed by atoms with Crippen LogP contribution in [0.4, 0.5) is 0 Å². The maximum atomic E-state index is 12.2. The monoisotopic (exact) mass is 268 g/mol. The highest BCUT2D eigenvalue weighted by Crippen LogP contribution is 2.42. The van der Waals surface area contributed by atoms with Crippen LogP contribution in [0.5, 0.6) is 0 Å². The summed E-state index contributed by atoms with van der Waals surface area (Å²) < 4.78 is 9.52. The lowest BCUT2D eigenvalue weighted by molar-refractivity contribution is -0.160. The molecule has 0 unspecified atom stereocenters. The molecule has 0 saturated heterocycles. The summed E-state index contributed by atoms with van der Waals surface area (Å²) in [6, 6.07) is 0. The summed E-state index contributed by atoms with van der Waals surface area (Å²) >= 11 is 0. The zero-order valence-electron chi connectivity index (χ0n) is 11.7. The van der Waals surface area contributed by atoms with Gasteiger partial charge in [-0.25, -0.2) is 4.79 Å². The summed E-state index contributed by atoms with van der Waals surface area (Å²) in [6.45, 7) is 3.81. The summed E-state index contributed by atoms with van der Waals surface area (Å²) in [7, 11) is 2.48. The Balaban J connectivity index is 3.37. The van der Waals surface area contributed by atoms with E-state index in [1.807, 2.05) is 13.8 Å². The van der Waals surface area contributed by atoms with Crippen molar-refractivity contribution in [1.82, 2.24) is 0 Å². The van der Waals surface area contributed by atoms with Gasteiger partial charge in [0.25, 0.3) is 0 Å². The molecule has 0 aliphatic heterocycles. The van der Waals surface area contributed by atoms with Crippen molar-refractivity contribution in [3.63, 3.8) is 0 Å². The summed E-state index contributed by atoms with van der Waals surface area (Å²) in [5.74, 6) is -1.17. The Morgan fingerprint density at radius 3 is 2.47 bits per heavy atom. The standard InChI is InChI=1S/C14H20O5/c1-9(2)8-14(13(17)19-4)10(12(16)18-3)6-5-7-11(14)15/h5-7,9,11,15H,8H2,1-4H3/t11-,14-/m1/s1. The molecule has 0 aromatic rings. The fourth-order valence-electron chi connectivity index (χ4n) is 2.46. The quantitative estimate of drug-likeness (QED) is 0.776. The van der Waals surface area contributed by atoms with Crippen molar-refractivity contribution in [1.29, 1.82) is 0 Å². The van der Waals surface area contributed by atoms with Crippen molar-refractivity contribution >= 4 is 11.9 Å². The van der Waals surface area contributed by atoms with E-state index in [0.717, 1.165) is 0 Å². The van der Waals surface area contributed by atoms with Crippen LogP contribution in [0.15, 0.2) is 23.8 Å². The smallest absolute Gasteiger partial charge is 0.335 e. The number of carbonyl (C=O) groups is 2. The van der Waals surface area contributed by atoms with Crippen LogP contribution in [0.3, 0.4) is 0 Å². The van der Waals surface area contributed by atoms with Gasteiger partial charge in [-0.2, -0.15) is 0 Å². The van der Waals surface area contributed by atoms with Crippen LogP contribution < -0.4 is 0 Å². The van der Waals surface area contributed by atoms with E-state index in [9.17, 15) is 14.7 Å². The number of ether oxygens (including phenoxy) is 2. The number of hydrogen-bond donors (Lipinski definition) is 1. The highest BCUT2D eigenvalue weighted by atomic mass is 16.5. The molecular weight excluding hydrogens is 248 g/mol. The lowest BCUT2D eigenvalue weighted by atomic mass is 9.67. The minimum Gasteiger partial charge on any atom is -0.468 e. The minimum atomic E-state index is -1.40. The third-order valence-corrected chi connectivity index (χ3v) is 3.23. The molecule has 1 rings (SSSR count). The molecule has 0 heterocycles. The SMILES string of the molecule is COC(=O)C1=CC=C[C@@H](O)[C@]1(CC(C)C)C(=O)OC. The van der Waals surface area contributed by atoms with Gasteiger partial charge in [0, 0.05) is 0 Å². The molecule has 0 aromatic heterocycles. The zero-order valence-corrected chi connectivity index (χ0v) is 11.7. The lowest BCUT2D eigenvalue weighted by Crippen LogP contribution is -2.48. The topological polar surface area (TPSA) is 72.8 Å². The fourth-order valence-corrected chi connectivity index (χ4v) is 2.46. The second-order valence-corrected chi connectivity index (χ2v) is 4.96. The molecule has 2 atom stereocenters. The molecule has 1 aliphatic rings. The van der Waals surface area contributed by atoms with Gasteiger partial charge in [-0.15, -0.1) is 0 Å². The van der Waals surface area contributed by atoms with E-state index in [1.165, 1.54) is 26.4 Å². The second kappa shape index (κ2) is 6.02. The average molecular weight is 268 g/mol. The number of aliphatic hydroxyl groups excluding tert-OH is 1. The van der Waals surface area contributed by atoms with E-state index in [4.69, 9.17) is 9.47 Å². The number of esters is 2. The van der Waals surface area contributed by atoms with Gasteiger partial charge in [0.1, 0.15) is 5.41 Å². The molecule has 106 valence electrons. The normalized spacial score (nSPS) is 26.0. The molecule has 0 aromatic carbocycles. The van der Waals surface area contributed by atoms with Crippen molar-refractivity contribution in [2.75, 3.05) is 14.2 Å². The van der Waals surface area contributed by atoms with Gasteiger partial charge < -0.3 is 14.6 Å². The summed E-state index contributed by atoms with van der Waals surface area (Å²) in [5.41, 5.74) is -1.27. The number of carbonyl (C=O) groups excluding carboxylic acids is 2. The van der Waals surface area contributed by atoms with Crippen molar-refractivity contribution in [3.05, 3.63) is 23.8 Å². The van der Waals surface area contributed by atoms with Gasteiger partial charge in [0.2, 0.25) is 0 Å². The van der Waals surface area contributed by atoms with E-state index >= 15 is 0 Å². The number of aliphatic hydroxyl groups is 1. The van der Waals surface area contributed by atoms with Crippen LogP contribution in [-0.4, -0.2) is 37.4 Å². The summed E-state index contributed by atoms with van der Waals surface area (Å²) in [4.78, 5) is 24.1. The largest absolute Gasteiger partial charge is 0.468 e. The molecule has 5 nitrogen and oxygen atoms in total. The number of methoxy groups -OCH3 is 2. The first kappa shape index (κ1) is 15.4. The summed E-state index contributed by atoms with van der Waals surface area (Å²) in [5, 5.41) is 10.2. The molecule has 0 fully saturated rings. The van der Waals surface area contributed by atoms with Crippen molar-refractivity contribution in [2.45, 2.75) is 26.4 Å². The molecule has 0 spiro atoms. The molecule has 0 radical (unpaired) electrons. The van der Waals surface area contributed by atoms with Crippen molar-refractivity contribution < 1.29 is 24.2 Å². The van der Waals surface area contributed by atoms with Crippen LogP contribution in [-0.2, 0) is 19.1 Å². The van der Waals surface area contributed by atoms with E-state index in [1.54, 1.807) is 6.08 Å². The first-order chi connectivity index (χ1) is 8.90.